The van der Waals surface area contributed by atoms with Gasteiger partial charge in [-0.05, 0) is 42.3 Å². The van der Waals surface area contributed by atoms with Crippen molar-refractivity contribution in [1.82, 2.24) is 0 Å². The summed E-state index contributed by atoms with van der Waals surface area (Å²) in [5, 5.41) is 8.70. The molecule has 15 heavy (non-hydrogen) atoms. The quantitative estimate of drug-likeness (QED) is 0.714. The lowest BCUT2D eigenvalue weighted by atomic mass is 10.1. The summed E-state index contributed by atoms with van der Waals surface area (Å²) in [6, 6.07) is 10.7. The smallest absolute Gasteiger partial charge is 0.126 e. The average molecular weight is 217 g/mol. The highest BCUT2D eigenvalue weighted by atomic mass is 32.1. The molecule has 3 heteroatoms. The number of hydrogen-bond acceptors (Lipinski definition) is 2. The van der Waals surface area contributed by atoms with Gasteiger partial charge in [0, 0.05) is 4.88 Å². The fourth-order valence-corrected chi connectivity index (χ4v) is 2.15. The van der Waals surface area contributed by atoms with Crippen molar-refractivity contribution in [3.63, 3.8) is 0 Å². The number of nitrogens with zero attached hydrogens (tertiary/aromatic N) is 1. The SMILES string of the molecule is Cc1cc(-c2ccc(C#N)s2)ccc1F. The summed E-state index contributed by atoms with van der Waals surface area (Å²) in [6.45, 7) is 1.73. The van der Waals surface area contributed by atoms with Gasteiger partial charge < -0.3 is 0 Å². The molecule has 74 valence electrons. The third-order valence-corrected chi connectivity index (χ3v) is 3.20. The molecule has 2 rings (SSSR count). The molecule has 0 unspecified atom stereocenters. The van der Waals surface area contributed by atoms with Gasteiger partial charge in [-0.1, -0.05) is 6.07 Å². The monoisotopic (exact) mass is 217 g/mol. The van der Waals surface area contributed by atoms with Crippen LogP contribution in [-0.4, -0.2) is 0 Å². The topological polar surface area (TPSA) is 23.8 Å². The molecule has 0 saturated heterocycles. The molecular weight excluding hydrogens is 209 g/mol. The summed E-state index contributed by atoms with van der Waals surface area (Å²) < 4.78 is 13.0. The fraction of sp³-hybridized carbons (Fsp3) is 0.0833. The zero-order valence-electron chi connectivity index (χ0n) is 8.12. The number of nitriles is 1. The molecule has 0 bridgehead atoms. The summed E-state index contributed by atoms with van der Waals surface area (Å²) in [5.74, 6) is -0.198. The molecule has 0 fully saturated rings. The van der Waals surface area contributed by atoms with E-state index in [2.05, 4.69) is 6.07 Å². The predicted molar refractivity (Wildman–Crippen MR) is 59.2 cm³/mol. The van der Waals surface area contributed by atoms with E-state index in [1.165, 1.54) is 17.4 Å². The first-order chi connectivity index (χ1) is 7.20. The Balaban J connectivity index is 2.46. The van der Waals surface area contributed by atoms with Crippen LogP contribution in [0.5, 0.6) is 0 Å². The number of aryl methyl sites for hydroxylation is 1. The van der Waals surface area contributed by atoms with Gasteiger partial charge in [0.05, 0.1) is 0 Å². The summed E-state index contributed by atoms with van der Waals surface area (Å²) >= 11 is 1.42. The van der Waals surface area contributed by atoms with Crippen molar-refractivity contribution in [2.45, 2.75) is 6.92 Å². The molecule has 1 nitrogen and oxygen atoms in total. The highest BCUT2D eigenvalue weighted by molar-refractivity contribution is 7.16. The second-order valence-corrected chi connectivity index (χ2v) is 4.32. The average Bonchev–Trinajstić information content (AvgIpc) is 2.70. The maximum absolute atomic E-state index is 13.0. The Bertz CT molecular complexity index is 537. The largest absolute Gasteiger partial charge is 0.207 e. The van der Waals surface area contributed by atoms with Crippen molar-refractivity contribution in [2.75, 3.05) is 0 Å². The van der Waals surface area contributed by atoms with Crippen LogP contribution in [0.15, 0.2) is 30.3 Å². The molecule has 1 aromatic heterocycles. The molecule has 2 aromatic rings. The molecule has 0 radical (unpaired) electrons. The molecule has 0 amide bonds. The Morgan fingerprint density at radius 3 is 2.67 bits per heavy atom. The Kier molecular flexibility index (Phi) is 2.53. The summed E-state index contributed by atoms with van der Waals surface area (Å²) in [6.07, 6.45) is 0. The lowest BCUT2D eigenvalue weighted by molar-refractivity contribution is 0.619. The van der Waals surface area contributed by atoms with E-state index in [9.17, 15) is 4.39 Å². The molecule has 0 aliphatic rings. The Morgan fingerprint density at radius 2 is 2.07 bits per heavy atom. The number of rotatable bonds is 1. The van der Waals surface area contributed by atoms with Gasteiger partial charge in [0.15, 0.2) is 0 Å². The number of benzene rings is 1. The molecular formula is C12H8FNS. The molecule has 0 aliphatic heterocycles. The van der Waals surface area contributed by atoms with Crippen LogP contribution in [0.4, 0.5) is 4.39 Å². The van der Waals surface area contributed by atoms with E-state index in [1.54, 1.807) is 25.1 Å². The van der Waals surface area contributed by atoms with Gasteiger partial charge in [-0.3, -0.25) is 0 Å². The van der Waals surface area contributed by atoms with Crippen molar-refractivity contribution in [1.29, 1.82) is 5.26 Å². The number of hydrogen-bond donors (Lipinski definition) is 0. The van der Waals surface area contributed by atoms with E-state index >= 15 is 0 Å². The van der Waals surface area contributed by atoms with Crippen LogP contribution in [-0.2, 0) is 0 Å². The molecule has 1 aromatic carbocycles. The van der Waals surface area contributed by atoms with E-state index in [0.717, 1.165) is 10.4 Å². The van der Waals surface area contributed by atoms with Gasteiger partial charge in [0.25, 0.3) is 0 Å². The molecule has 0 N–H and O–H groups in total. The van der Waals surface area contributed by atoms with Crippen LogP contribution in [0.1, 0.15) is 10.4 Å². The van der Waals surface area contributed by atoms with Crippen LogP contribution in [0, 0.1) is 24.1 Å². The summed E-state index contributed by atoms with van der Waals surface area (Å²) in [4.78, 5) is 1.67. The Labute approximate surface area is 91.4 Å². The van der Waals surface area contributed by atoms with Gasteiger partial charge in [-0.15, -0.1) is 11.3 Å². The second kappa shape index (κ2) is 3.84. The van der Waals surface area contributed by atoms with Gasteiger partial charge in [-0.2, -0.15) is 5.26 Å². The predicted octanol–water partition coefficient (Wildman–Crippen LogP) is 3.73. The Morgan fingerprint density at radius 1 is 1.27 bits per heavy atom. The van der Waals surface area contributed by atoms with Crippen molar-refractivity contribution < 1.29 is 4.39 Å². The van der Waals surface area contributed by atoms with Gasteiger partial charge in [-0.25, -0.2) is 4.39 Å². The van der Waals surface area contributed by atoms with Crippen LogP contribution in [0.25, 0.3) is 10.4 Å². The van der Waals surface area contributed by atoms with E-state index in [1.807, 2.05) is 6.07 Å². The molecule has 0 saturated carbocycles. The maximum atomic E-state index is 13.0. The highest BCUT2D eigenvalue weighted by Crippen LogP contribution is 2.28. The van der Waals surface area contributed by atoms with Crippen LogP contribution in [0.3, 0.4) is 0 Å². The first-order valence-corrected chi connectivity index (χ1v) is 5.29. The minimum absolute atomic E-state index is 0.198. The minimum atomic E-state index is -0.198. The minimum Gasteiger partial charge on any atom is -0.207 e. The van der Waals surface area contributed by atoms with Crippen LogP contribution in [0.2, 0.25) is 0 Å². The van der Waals surface area contributed by atoms with E-state index in [-0.39, 0.29) is 5.82 Å². The lowest BCUT2D eigenvalue weighted by Gasteiger charge is -2.00. The molecule has 0 atom stereocenters. The molecule has 0 spiro atoms. The Hall–Kier alpha value is -1.66. The van der Waals surface area contributed by atoms with E-state index in [4.69, 9.17) is 5.26 Å². The van der Waals surface area contributed by atoms with Crippen LogP contribution >= 0.6 is 11.3 Å². The first-order valence-electron chi connectivity index (χ1n) is 4.47. The van der Waals surface area contributed by atoms with Crippen molar-refractivity contribution in [3.05, 3.63) is 46.6 Å². The highest BCUT2D eigenvalue weighted by Gasteiger charge is 2.04. The number of thiophene rings is 1. The molecule has 0 aliphatic carbocycles. The number of halogens is 1. The summed E-state index contributed by atoms with van der Waals surface area (Å²) in [5.41, 5.74) is 1.58. The third kappa shape index (κ3) is 1.90. The lowest BCUT2D eigenvalue weighted by Crippen LogP contribution is -1.81. The normalized spacial score (nSPS) is 9.93. The zero-order chi connectivity index (χ0) is 10.8. The zero-order valence-corrected chi connectivity index (χ0v) is 8.94. The van der Waals surface area contributed by atoms with Gasteiger partial charge >= 0.3 is 0 Å². The van der Waals surface area contributed by atoms with Gasteiger partial charge in [0.2, 0.25) is 0 Å². The van der Waals surface area contributed by atoms with Crippen molar-refractivity contribution in [2.24, 2.45) is 0 Å². The third-order valence-electron chi connectivity index (χ3n) is 2.16. The standard InChI is InChI=1S/C12H8FNS/c1-8-6-9(2-4-11(8)13)12-5-3-10(7-14)15-12/h2-6H,1H3. The van der Waals surface area contributed by atoms with Crippen LogP contribution < -0.4 is 0 Å². The van der Waals surface area contributed by atoms with Crippen molar-refractivity contribution in [3.8, 4) is 16.5 Å². The van der Waals surface area contributed by atoms with Crippen molar-refractivity contribution >= 4 is 11.3 Å². The summed E-state index contributed by atoms with van der Waals surface area (Å²) in [7, 11) is 0. The second-order valence-electron chi connectivity index (χ2n) is 3.24. The first kappa shape index (κ1) is 9.88. The maximum Gasteiger partial charge on any atom is 0.126 e. The van der Waals surface area contributed by atoms with E-state index in [0.29, 0.717) is 10.4 Å². The van der Waals surface area contributed by atoms with Gasteiger partial charge in [0.1, 0.15) is 16.8 Å². The fourth-order valence-electron chi connectivity index (χ4n) is 1.35. The molecule has 1 heterocycles. The van der Waals surface area contributed by atoms with E-state index < -0.39 is 0 Å².